The molecule has 0 N–H and O–H groups in total. The van der Waals surface area contributed by atoms with Crippen LogP contribution >= 0.6 is 0 Å². The van der Waals surface area contributed by atoms with Crippen LogP contribution in [-0.2, 0) is 0 Å². The topological polar surface area (TPSA) is 25.8 Å². The van der Waals surface area contributed by atoms with E-state index in [0.717, 1.165) is 44.3 Å². The molecule has 0 aliphatic carbocycles. The third-order valence-corrected chi connectivity index (χ3v) is 22.4. The molecule has 1 heterocycles. The fourth-order valence-corrected chi connectivity index (χ4v) is 18.0. The minimum Gasteiger partial charge on any atom is -0.248 e. The van der Waals surface area contributed by atoms with Gasteiger partial charge in [0.05, 0.1) is 22.5 Å². The highest BCUT2D eigenvalue weighted by atomic mass is 28.3. The van der Waals surface area contributed by atoms with E-state index in [0.29, 0.717) is 33.2 Å². The molecule has 4 heteroatoms. The van der Waals surface area contributed by atoms with E-state index in [-0.39, 0.29) is 0 Å². The number of aromatic nitrogens is 2. The second-order valence-electron chi connectivity index (χ2n) is 13.7. The van der Waals surface area contributed by atoms with Crippen molar-refractivity contribution in [3.8, 4) is 22.9 Å². The van der Waals surface area contributed by atoms with Gasteiger partial charge in [-0.25, -0.2) is 9.97 Å². The smallest absolute Gasteiger partial charge is 0.146 e. The van der Waals surface area contributed by atoms with Crippen LogP contribution in [0.2, 0.25) is 33.2 Å². The molecule has 40 heavy (non-hydrogen) atoms. The van der Waals surface area contributed by atoms with Crippen molar-refractivity contribution in [3.63, 3.8) is 0 Å². The average Bonchev–Trinajstić information content (AvgIpc) is 2.85. The first-order valence-electron chi connectivity index (χ1n) is 15.4. The Morgan fingerprint density at radius 2 is 0.775 bits per heavy atom. The Kier molecular flexibility index (Phi) is 9.81. The lowest BCUT2D eigenvalue weighted by Gasteiger charge is -2.38. The molecule has 2 aromatic carbocycles. The highest BCUT2D eigenvalue weighted by molar-refractivity contribution is 6.91. The van der Waals surface area contributed by atoms with Crippen LogP contribution in [0.4, 0.5) is 0 Å². The Labute approximate surface area is 247 Å². The van der Waals surface area contributed by atoms with Crippen molar-refractivity contribution in [2.45, 2.75) is 130 Å². The van der Waals surface area contributed by atoms with Gasteiger partial charge in [0.2, 0.25) is 0 Å². The van der Waals surface area contributed by atoms with Gasteiger partial charge in [-0.1, -0.05) is 119 Å². The Bertz CT molecular complexity index is 1350. The zero-order valence-electron chi connectivity index (χ0n) is 27.7. The van der Waals surface area contributed by atoms with Crippen molar-refractivity contribution in [1.82, 2.24) is 9.97 Å². The molecule has 3 rings (SSSR count). The van der Waals surface area contributed by atoms with E-state index >= 15 is 0 Å². The van der Waals surface area contributed by atoms with Crippen molar-refractivity contribution >= 4 is 38.0 Å². The van der Waals surface area contributed by atoms with Crippen molar-refractivity contribution in [2.24, 2.45) is 0 Å². The summed E-state index contributed by atoms with van der Waals surface area (Å²) in [5, 5.41) is 2.30. The molecular weight excluding hydrogens is 517 g/mol. The number of nitrogens with zero attached hydrogens (tertiary/aromatic N) is 2. The van der Waals surface area contributed by atoms with E-state index < -0.39 is 16.1 Å². The summed E-state index contributed by atoms with van der Waals surface area (Å²) in [6.07, 6.45) is 0. The first-order chi connectivity index (χ1) is 18.6. The molecule has 3 aromatic rings. The number of hydrogen-bond acceptors (Lipinski definition) is 2. The largest absolute Gasteiger partial charge is 0.248 e. The van der Waals surface area contributed by atoms with Gasteiger partial charge in [0.15, 0.2) is 0 Å². The third kappa shape index (κ3) is 5.43. The Morgan fingerprint density at radius 3 is 1.02 bits per heavy atom. The van der Waals surface area contributed by atoms with Crippen LogP contribution in [0.5, 0.6) is 0 Å². The van der Waals surface area contributed by atoms with E-state index in [1.807, 2.05) is 0 Å². The maximum atomic E-state index is 5.16. The lowest BCUT2D eigenvalue weighted by molar-refractivity contribution is 0.838. The van der Waals surface area contributed by atoms with Gasteiger partial charge in [0.25, 0.3) is 0 Å². The molecule has 0 bridgehead atoms. The molecule has 0 fully saturated rings. The zero-order valence-corrected chi connectivity index (χ0v) is 29.7. The molecule has 0 atom stereocenters. The van der Waals surface area contributed by atoms with Gasteiger partial charge < -0.3 is 0 Å². The fourth-order valence-electron chi connectivity index (χ4n) is 7.59. The highest BCUT2D eigenvalue weighted by Gasteiger charge is 2.42. The standard InChI is InChI=1S/C36H52N2Si2/c1-23(2)39(24(3)4,25(5)6)21-19-33-31-17-15-16-18-32(31)34(36-35(33)37-29(13)30(14)38-36)20-22-40(26(7)8,27(9)10)28(11)12/h15-18,23-28H,1-14H3. The first-order valence-corrected chi connectivity index (χ1v) is 19.8. The van der Waals surface area contributed by atoms with Crippen LogP contribution in [-0.4, -0.2) is 26.1 Å². The van der Waals surface area contributed by atoms with E-state index in [1.165, 1.54) is 0 Å². The van der Waals surface area contributed by atoms with E-state index in [2.05, 4.69) is 144 Å². The highest BCUT2D eigenvalue weighted by Crippen LogP contribution is 2.42. The van der Waals surface area contributed by atoms with Gasteiger partial charge in [-0.3, -0.25) is 0 Å². The molecule has 0 amide bonds. The van der Waals surface area contributed by atoms with E-state index in [9.17, 15) is 0 Å². The van der Waals surface area contributed by atoms with Crippen molar-refractivity contribution in [2.75, 3.05) is 0 Å². The van der Waals surface area contributed by atoms with Crippen molar-refractivity contribution < 1.29 is 0 Å². The van der Waals surface area contributed by atoms with Crippen LogP contribution in [0.25, 0.3) is 21.8 Å². The maximum Gasteiger partial charge on any atom is 0.146 e. The average molecular weight is 569 g/mol. The van der Waals surface area contributed by atoms with E-state index in [1.54, 1.807) is 0 Å². The van der Waals surface area contributed by atoms with Crippen LogP contribution < -0.4 is 0 Å². The summed E-state index contributed by atoms with van der Waals surface area (Å²) in [7, 11) is -3.87. The number of aryl methyl sites for hydroxylation is 2. The Morgan fingerprint density at radius 1 is 0.500 bits per heavy atom. The third-order valence-electron chi connectivity index (χ3n) is 9.79. The molecule has 0 spiro atoms. The van der Waals surface area contributed by atoms with Crippen LogP contribution in [0.15, 0.2) is 24.3 Å². The van der Waals surface area contributed by atoms with Crippen LogP contribution in [0.1, 0.15) is 106 Å². The van der Waals surface area contributed by atoms with E-state index in [4.69, 9.17) is 9.97 Å². The molecule has 1 aromatic heterocycles. The Hall–Kier alpha value is -2.41. The minimum atomic E-state index is -1.93. The predicted molar refractivity (Wildman–Crippen MR) is 182 cm³/mol. The molecule has 2 nitrogen and oxygen atoms in total. The zero-order chi connectivity index (χ0) is 30.2. The van der Waals surface area contributed by atoms with Gasteiger partial charge in [-0.05, 0) is 47.1 Å². The molecular formula is C36H52N2Si2. The molecule has 214 valence electrons. The quantitative estimate of drug-likeness (QED) is 0.168. The number of hydrogen-bond donors (Lipinski definition) is 0. The molecule has 0 saturated carbocycles. The Balaban J connectivity index is 2.54. The lowest BCUT2D eigenvalue weighted by Crippen LogP contribution is -2.43. The van der Waals surface area contributed by atoms with Gasteiger partial charge in [-0.2, -0.15) is 0 Å². The molecule has 0 radical (unpaired) electrons. The first kappa shape index (κ1) is 32.1. The summed E-state index contributed by atoms with van der Waals surface area (Å²) in [5.74, 6) is 7.57. The summed E-state index contributed by atoms with van der Waals surface area (Å²) in [4.78, 5) is 10.3. The maximum absolute atomic E-state index is 5.16. The van der Waals surface area contributed by atoms with Gasteiger partial charge in [-0.15, -0.1) is 11.1 Å². The SMILES string of the molecule is Cc1nc2c(C#C[Si](C(C)C)(C(C)C)C(C)C)c3ccccc3c(C#C[Si](C(C)C)(C(C)C)C(C)C)c2nc1C. The number of benzene rings is 2. The molecule has 0 aliphatic rings. The summed E-state index contributed by atoms with van der Waals surface area (Å²) >= 11 is 0. The van der Waals surface area contributed by atoms with Crippen LogP contribution in [0, 0.1) is 36.8 Å². The van der Waals surface area contributed by atoms with Crippen molar-refractivity contribution in [3.05, 3.63) is 46.8 Å². The molecule has 0 aliphatic heterocycles. The fraction of sp³-hybridized carbons (Fsp3) is 0.556. The number of rotatable bonds is 6. The number of fused-ring (bicyclic) bond motifs is 2. The molecule has 0 saturated heterocycles. The summed E-state index contributed by atoms with van der Waals surface area (Å²) in [6.45, 7) is 32.6. The lowest BCUT2D eigenvalue weighted by atomic mass is 9.97. The van der Waals surface area contributed by atoms with Gasteiger partial charge in [0.1, 0.15) is 27.2 Å². The predicted octanol–water partition coefficient (Wildman–Crippen LogP) is 10.5. The normalized spacial score (nSPS) is 12.7. The van der Waals surface area contributed by atoms with Crippen LogP contribution in [0.3, 0.4) is 0 Å². The van der Waals surface area contributed by atoms with Gasteiger partial charge in [0, 0.05) is 10.8 Å². The second kappa shape index (κ2) is 12.2. The summed E-state index contributed by atoms with van der Waals surface area (Å²) in [6, 6.07) is 8.67. The van der Waals surface area contributed by atoms with Crippen molar-refractivity contribution in [1.29, 1.82) is 0 Å². The summed E-state index contributed by atoms with van der Waals surface area (Å²) < 4.78 is 0. The minimum absolute atomic E-state index is 0.568. The van der Waals surface area contributed by atoms with Gasteiger partial charge >= 0.3 is 0 Å². The molecule has 0 unspecified atom stereocenters. The second-order valence-corrected chi connectivity index (χ2v) is 24.8. The monoisotopic (exact) mass is 568 g/mol. The summed E-state index contributed by atoms with van der Waals surface area (Å²) in [5.41, 5.74) is 17.1.